The fraction of sp³-hybridized carbons (Fsp3) is 0.727. The summed E-state index contributed by atoms with van der Waals surface area (Å²) in [6.45, 7) is 0.0370. The molecule has 8 heteroatoms. The third-order valence-electron chi connectivity index (χ3n) is 4.11. The van der Waals surface area contributed by atoms with Crippen LogP contribution < -0.4 is 11.1 Å². The summed E-state index contributed by atoms with van der Waals surface area (Å²) >= 11 is 0. The zero-order chi connectivity index (χ0) is 14.4. The Labute approximate surface area is 108 Å². The second-order valence-electron chi connectivity index (χ2n) is 5.06. The summed E-state index contributed by atoms with van der Waals surface area (Å²) in [7, 11) is 0. The van der Waals surface area contributed by atoms with E-state index in [1.54, 1.807) is 0 Å². The largest absolute Gasteiger partial charge is 0.479 e. The number of carbonyl (C=O) groups excluding carboxylic acids is 1. The Morgan fingerprint density at radius 3 is 2.37 bits per heavy atom. The standard InChI is InChI=1S/C11H15FN2O5/c12-11(9(18)19)5-1-3-10(7(5)11,8(16)17)14-6(15)2-4-13/h5,7H,1-4,13H2,(H,14,15)(H,16,17)(H,18,19)/t5-,7-,10+,11-/m0/s1. The van der Waals surface area contributed by atoms with Crippen molar-refractivity contribution >= 4 is 17.8 Å². The molecule has 4 atom stereocenters. The van der Waals surface area contributed by atoms with Gasteiger partial charge in [-0.3, -0.25) is 4.79 Å². The summed E-state index contributed by atoms with van der Waals surface area (Å²) < 4.78 is 14.2. The van der Waals surface area contributed by atoms with Crippen molar-refractivity contribution in [2.45, 2.75) is 30.5 Å². The van der Waals surface area contributed by atoms with E-state index in [0.717, 1.165) is 0 Å². The van der Waals surface area contributed by atoms with E-state index >= 15 is 0 Å². The molecule has 7 nitrogen and oxygen atoms in total. The van der Waals surface area contributed by atoms with Crippen molar-refractivity contribution in [2.75, 3.05) is 6.54 Å². The highest BCUT2D eigenvalue weighted by Gasteiger charge is 2.83. The fourth-order valence-corrected chi connectivity index (χ4v) is 3.21. The molecule has 0 aromatic carbocycles. The fourth-order valence-electron chi connectivity index (χ4n) is 3.21. The zero-order valence-electron chi connectivity index (χ0n) is 10.1. The maximum Gasteiger partial charge on any atom is 0.342 e. The lowest BCUT2D eigenvalue weighted by Crippen LogP contribution is -2.57. The molecule has 2 aliphatic carbocycles. The van der Waals surface area contributed by atoms with E-state index in [4.69, 9.17) is 10.8 Å². The molecule has 1 amide bonds. The van der Waals surface area contributed by atoms with Crippen LogP contribution in [0.25, 0.3) is 0 Å². The van der Waals surface area contributed by atoms with Gasteiger partial charge in [0.05, 0.1) is 0 Å². The molecule has 19 heavy (non-hydrogen) atoms. The molecule has 2 fully saturated rings. The summed E-state index contributed by atoms with van der Waals surface area (Å²) in [5.41, 5.74) is 0.815. The molecular weight excluding hydrogens is 259 g/mol. The Balaban J connectivity index is 2.25. The number of carboxylic acid groups (broad SMARTS) is 2. The van der Waals surface area contributed by atoms with Crippen molar-refractivity contribution in [3.63, 3.8) is 0 Å². The zero-order valence-corrected chi connectivity index (χ0v) is 10.1. The number of hydrogen-bond donors (Lipinski definition) is 4. The van der Waals surface area contributed by atoms with Crippen LogP contribution in [0.5, 0.6) is 0 Å². The van der Waals surface area contributed by atoms with Crippen LogP contribution in [0.4, 0.5) is 4.39 Å². The highest BCUT2D eigenvalue weighted by Crippen LogP contribution is 2.67. The van der Waals surface area contributed by atoms with E-state index in [1.165, 1.54) is 0 Å². The van der Waals surface area contributed by atoms with Gasteiger partial charge in [-0.2, -0.15) is 0 Å². The molecule has 0 saturated heterocycles. The molecule has 2 rings (SSSR count). The van der Waals surface area contributed by atoms with Crippen LogP contribution in [0, 0.1) is 11.8 Å². The minimum absolute atomic E-state index is 0.0347. The molecule has 0 heterocycles. The first-order valence-corrected chi connectivity index (χ1v) is 5.97. The highest BCUT2D eigenvalue weighted by atomic mass is 19.1. The average molecular weight is 274 g/mol. The number of hydrogen-bond acceptors (Lipinski definition) is 4. The first kappa shape index (κ1) is 13.7. The van der Waals surface area contributed by atoms with Crippen molar-refractivity contribution in [1.82, 2.24) is 5.32 Å². The van der Waals surface area contributed by atoms with E-state index < -0.39 is 40.9 Å². The number of carboxylic acids is 2. The molecule has 0 radical (unpaired) electrons. The number of rotatable bonds is 5. The van der Waals surface area contributed by atoms with E-state index in [-0.39, 0.29) is 25.8 Å². The number of amides is 1. The molecular formula is C11H15FN2O5. The van der Waals surface area contributed by atoms with Crippen molar-refractivity contribution in [3.05, 3.63) is 0 Å². The van der Waals surface area contributed by atoms with E-state index in [9.17, 15) is 23.9 Å². The third-order valence-corrected chi connectivity index (χ3v) is 4.11. The van der Waals surface area contributed by atoms with Gasteiger partial charge in [0.1, 0.15) is 5.54 Å². The van der Waals surface area contributed by atoms with Gasteiger partial charge < -0.3 is 21.3 Å². The molecule has 0 spiro atoms. The van der Waals surface area contributed by atoms with Gasteiger partial charge in [-0.15, -0.1) is 0 Å². The lowest BCUT2D eigenvalue weighted by molar-refractivity contribution is -0.153. The summed E-state index contributed by atoms with van der Waals surface area (Å²) in [4.78, 5) is 33.9. The second kappa shape index (κ2) is 4.16. The van der Waals surface area contributed by atoms with Crippen LogP contribution in [-0.2, 0) is 14.4 Å². The lowest BCUT2D eigenvalue weighted by Gasteiger charge is -2.29. The Morgan fingerprint density at radius 1 is 1.32 bits per heavy atom. The van der Waals surface area contributed by atoms with Crippen LogP contribution in [0.3, 0.4) is 0 Å². The van der Waals surface area contributed by atoms with Gasteiger partial charge in [0.2, 0.25) is 11.6 Å². The molecule has 0 aliphatic heterocycles. The van der Waals surface area contributed by atoms with Crippen LogP contribution in [0.15, 0.2) is 0 Å². The number of nitrogens with two attached hydrogens (primary N) is 1. The number of aliphatic carboxylic acids is 2. The maximum absolute atomic E-state index is 14.2. The van der Waals surface area contributed by atoms with Gasteiger partial charge in [0.25, 0.3) is 0 Å². The Kier molecular flexibility index (Phi) is 3.00. The molecule has 2 saturated carbocycles. The van der Waals surface area contributed by atoms with Crippen molar-refractivity contribution in [1.29, 1.82) is 0 Å². The van der Waals surface area contributed by atoms with Gasteiger partial charge in [0.15, 0.2) is 0 Å². The smallest absolute Gasteiger partial charge is 0.342 e. The van der Waals surface area contributed by atoms with Crippen LogP contribution >= 0.6 is 0 Å². The topological polar surface area (TPSA) is 130 Å². The first-order valence-electron chi connectivity index (χ1n) is 5.97. The minimum atomic E-state index is -2.55. The van der Waals surface area contributed by atoms with E-state index in [0.29, 0.717) is 0 Å². The Bertz CT molecular complexity index is 456. The van der Waals surface area contributed by atoms with Gasteiger partial charge >= 0.3 is 11.9 Å². The van der Waals surface area contributed by atoms with Gasteiger partial charge in [-0.1, -0.05) is 0 Å². The monoisotopic (exact) mass is 274 g/mol. The summed E-state index contributed by atoms with van der Waals surface area (Å²) in [5.74, 6) is -5.73. The third kappa shape index (κ3) is 1.70. The Morgan fingerprint density at radius 2 is 1.95 bits per heavy atom. The van der Waals surface area contributed by atoms with Crippen molar-refractivity contribution in [2.24, 2.45) is 17.6 Å². The predicted molar refractivity (Wildman–Crippen MR) is 59.9 cm³/mol. The summed E-state index contributed by atoms with van der Waals surface area (Å²) in [5, 5.41) is 20.4. The summed E-state index contributed by atoms with van der Waals surface area (Å²) in [6.07, 6.45) is 0.0778. The number of carbonyl (C=O) groups is 3. The van der Waals surface area contributed by atoms with Crippen LogP contribution in [0.1, 0.15) is 19.3 Å². The summed E-state index contributed by atoms with van der Waals surface area (Å²) in [6, 6.07) is 0. The lowest BCUT2D eigenvalue weighted by atomic mass is 9.89. The number of alkyl halides is 1. The molecule has 0 bridgehead atoms. The van der Waals surface area contributed by atoms with E-state index in [1.807, 2.05) is 0 Å². The number of nitrogens with one attached hydrogen (secondary N) is 1. The highest BCUT2D eigenvalue weighted by molar-refractivity contribution is 5.93. The molecule has 0 unspecified atom stereocenters. The average Bonchev–Trinajstić information content (AvgIpc) is 2.74. The number of halogens is 1. The van der Waals surface area contributed by atoms with Crippen LogP contribution in [-0.4, -0.2) is 45.8 Å². The minimum Gasteiger partial charge on any atom is -0.479 e. The van der Waals surface area contributed by atoms with Crippen molar-refractivity contribution in [3.8, 4) is 0 Å². The SMILES string of the molecule is NCCC(=O)N[C@]1(C(=O)O)CC[C@H]2[C@@H]1[C@]2(F)C(=O)O. The molecule has 106 valence electrons. The first-order chi connectivity index (χ1) is 8.80. The quantitative estimate of drug-likeness (QED) is 0.514. The number of fused-ring (bicyclic) bond motifs is 1. The Hall–Kier alpha value is -1.70. The molecule has 0 aromatic heterocycles. The van der Waals surface area contributed by atoms with Gasteiger partial charge in [-0.05, 0) is 12.8 Å². The van der Waals surface area contributed by atoms with Gasteiger partial charge in [0, 0.05) is 24.8 Å². The van der Waals surface area contributed by atoms with Crippen molar-refractivity contribution < 1.29 is 29.0 Å². The van der Waals surface area contributed by atoms with Gasteiger partial charge in [-0.25, -0.2) is 14.0 Å². The van der Waals surface area contributed by atoms with Crippen LogP contribution in [0.2, 0.25) is 0 Å². The molecule has 2 aliphatic rings. The second-order valence-corrected chi connectivity index (χ2v) is 5.06. The normalized spacial score (nSPS) is 39.5. The maximum atomic E-state index is 14.2. The predicted octanol–water partition coefficient (Wildman–Crippen LogP) is -0.892. The molecule has 0 aromatic rings. The molecule has 5 N–H and O–H groups in total. The van der Waals surface area contributed by atoms with E-state index in [2.05, 4.69) is 5.32 Å².